The minimum Gasteiger partial charge on any atom is -0.378 e. The Bertz CT molecular complexity index is 928. The second-order valence-corrected chi connectivity index (χ2v) is 8.77. The minimum atomic E-state index is -0.0604. The molecule has 0 unspecified atom stereocenters. The molecule has 0 N–H and O–H groups in total. The van der Waals surface area contributed by atoms with Crippen LogP contribution in [0.3, 0.4) is 0 Å². The Labute approximate surface area is 192 Å². The molecular weight excluding hydrogens is 437 g/mol. The van der Waals surface area contributed by atoms with E-state index in [2.05, 4.69) is 4.90 Å². The van der Waals surface area contributed by atoms with E-state index in [-0.39, 0.29) is 24.0 Å². The number of amides is 2. The Morgan fingerprint density at radius 2 is 1.26 bits per heavy atom. The van der Waals surface area contributed by atoms with E-state index >= 15 is 0 Å². The van der Waals surface area contributed by atoms with Crippen molar-refractivity contribution in [2.75, 3.05) is 46.4 Å². The second-order valence-electron chi connectivity index (χ2n) is 7.89. The van der Waals surface area contributed by atoms with Crippen LogP contribution in [0.25, 0.3) is 0 Å². The third-order valence-electron chi connectivity index (χ3n) is 6.08. The highest BCUT2D eigenvalue weighted by atomic mass is 35.5. The Morgan fingerprint density at radius 1 is 0.774 bits per heavy atom. The number of ether oxygens (including phenoxy) is 1. The van der Waals surface area contributed by atoms with Crippen molar-refractivity contribution < 1.29 is 14.3 Å². The molecule has 31 heavy (non-hydrogen) atoms. The monoisotopic (exact) mass is 461 g/mol. The molecule has 2 aromatic carbocycles. The van der Waals surface area contributed by atoms with Gasteiger partial charge in [-0.25, -0.2) is 0 Å². The van der Waals surface area contributed by atoms with Gasteiger partial charge in [0.2, 0.25) is 0 Å². The summed E-state index contributed by atoms with van der Waals surface area (Å²) in [5, 5.41) is 1.22. The summed E-state index contributed by atoms with van der Waals surface area (Å²) in [6.45, 7) is 3.91. The molecule has 2 aliphatic heterocycles. The summed E-state index contributed by atoms with van der Waals surface area (Å²) >= 11 is 11.9. The van der Waals surface area contributed by atoms with E-state index in [1.54, 1.807) is 55.6 Å². The average Bonchev–Trinajstić information content (AvgIpc) is 3.24. The molecule has 2 fully saturated rings. The summed E-state index contributed by atoms with van der Waals surface area (Å²) in [7, 11) is 1.69. The molecule has 2 aromatic rings. The van der Waals surface area contributed by atoms with Crippen LogP contribution in [0.5, 0.6) is 0 Å². The lowest BCUT2D eigenvalue weighted by molar-refractivity contribution is 0.0193. The largest absolute Gasteiger partial charge is 0.378 e. The molecule has 2 aliphatic rings. The molecule has 2 atom stereocenters. The van der Waals surface area contributed by atoms with Crippen LogP contribution in [0, 0.1) is 0 Å². The van der Waals surface area contributed by atoms with Gasteiger partial charge in [0.05, 0.1) is 12.1 Å². The van der Waals surface area contributed by atoms with Gasteiger partial charge >= 0.3 is 0 Å². The summed E-state index contributed by atoms with van der Waals surface area (Å²) in [5.74, 6) is 0.00309. The van der Waals surface area contributed by atoms with Crippen LogP contribution in [-0.4, -0.2) is 85.0 Å². The average molecular weight is 462 g/mol. The van der Waals surface area contributed by atoms with E-state index in [1.165, 1.54) is 0 Å². The minimum absolute atomic E-state index is 0.0160. The van der Waals surface area contributed by atoms with Gasteiger partial charge < -0.3 is 14.5 Å². The molecule has 4 rings (SSSR count). The molecule has 2 heterocycles. The van der Waals surface area contributed by atoms with Gasteiger partial charge in [-0.15, -0.1) is 0 Å². The van der Waals surface area contributed by atoms with Gasteiger partial charge in [0.25, 0.3) is 11.8 Å². The van der Waals surface area contributed by atoms with Gasteiger partial charge in [-0.1, -0.05) is 23.2 Å². The number of benzene rings is 2. The molecule has 0 radical (unpaired) electrons. The highest BCUT2D eigenvalue weighted by molar-refractivity contribution is 6.31. The van der Waals surface area contributed by atoms with E-state index < -0.39 is 0 Å². The van der Waals surface area contributed by atoms with Crippen molar-refractivity contribution in [2.45, 2.75) is 12.1 Å². The Balaban J connectivity index is 1.37. The first kappa shape index (κ1) is 22.1. The van der Waals surface area contributed by atoms with Crippen LogP contribution in [0.4, 0.5) is 0 Å². The number of carbonyl (C=O) groups excluding carboxylic acids is 2. The van der Waals surface area contributed by atoms with Crippen LogP contribution < -0.4 is 0 Å². The summed E-state index contributed by atoms with van der Waals surface area (Å²) in [6.07, 6.45) is -0.0604. The highest BCUT2D eigenvalue weighted by Crippen LogP contribution is 2.23. The SMILES string of the molecule is CO[C@H]1CN(C(=O)c2ccc(Cl)cc2)C[C@@H]1N1CCN(C(=O)c2ccc(Cl)cc2)CC1. The summed E-state index contributed by atoms with van der Waals surface area (Å²) in [4.78, 5) is 31.7. The Kier molecular flexibility index (Phi) is 6.82. The third-order valence-corrected chi connectivity index (χ3v) is 6.58. The number of likely N-dealkylation sites (tertiary alicyclic amines) is 1. The van der Waals surface area contributed by atoms with Gasteiger partial charge in [0.15, 0.2) is 0 Å². The molecule has 2 saturated heterocycles. The zero-order chi connectivity index (χ0) is 22.0. The lowest BCUT2D eigenvalue weighted by atomic mass is 10.1. The van der Waals surface area contributed by atoms with E-state index in [4.69, 9.17) is 27.9 Å². The Hall–Kier alpha value is -2.12. The van der Waals surface area contributed by atoms with Crippen LogP contribution in [-0.2, 0) is 4.74 Å². The molecule has 0 aromatic heterocycles. The molecule has 2 amide bonds. The van der Waals surface area contributed by atoms with Gasteiger partial charge in [-0.3, -0.25) is 14.5 Å². The smallest absolute Gasteiger partial charge is 0.253 e. The number of carbonyl (C=O) groups is 2. The van der Waals surface area contributed by atoms with Crippen molar-refractivity contribution in [1.82, 2.24) is 14.7 Å². The topological polar surface area (TPSA) is 53.1 Å². The van der Waals surface area contributed by atoms with Gasteiger partial charge in [-0.2, -0.15) is 0 Å². The first-order valence-electron chi connectivity index (χ1n) is 10.3. The van der Waals surface area contributed by atoms with Crippen LogP contribution in [0.1, 0.15) is 20.7 Å². The van der Waals surface area contributed by atoms with Crippen molar-refractivity contribution in [1.29, 1.82) is 0 Å². The zero-order valence-electron chi connectivity index (χ0n) is 17.3. The van der Waals surface area contributed by atoms with Crippen LogP contribution in [0.2, 0.25) is 10.0 Å². The van der Waals surface area contributed by atoms with Crippen molar-refractivity contribution in [3.05, 3.63) is 69.7 Å². The van der Waals surface area contributed by atoms with Gasteiger partial charge in [0.1, 0.15) is 0 Å². The fraction of sp³-hybridized carbons (Fsp3) is 0.391. The number of hydrogen-bond acceptors (Lipinski definition) is 4. The maximum absolute atomic E-state index is 12.9. The van der Waals surface area contributed by atoms with E-state index in [9.17, 15) is 9.59 Å². The van der Waals surface area contributed by atoms with E-state index in [0.29, 0.717) is 47.4 Å². The summed E-state index contributed by atoms with van der Waals surface area (Å²) < 4.78 is 5.72. The molecular formula is C23H25Cl2N3O3. The molecule has 0 bridgehead atoms. The predicted molar refractivity (Wildman–Crippen MR) is 121 cm³/mol. The standard InChI is InChI=1S/C23H25Cl2N3O3/c1-31-21-15-28(23(30)17-4-8-19(25)9-5-17)14-20(21)26-10-12-27(13-11-26)22(29)16-2-6-18(24)7-3-16/h2-9,20-21H,10-15H2,1H3/t20-,21-/m0/s1. The van der Waals surface area contributed by atoms with Crippen LogP contribution in [0.15, 0.2) is 48.5 Å². The maximum Gasteiger partial charge on any atom is 0.253 e. The van der Waals surface area contributed by atoms with Gasteiger partial charge in [-0.05, 0) is 48.5 Å². The number of methoxy groups -OCH3 is 1. The number of piperazine rings is 1. The van der Waals surface area contributed by atoms with E-state index in [1.807, 2.05) is 9.80 Å². The maximum atomic E-state index is 12.9. The molecule has 0 saturated carbocycles. The summed E-state index contributed by atoms with van der Waals surface area (Å²) in [6, 6.07) is 14.1. The predicted octanol–water partition coefficient (Wildman–Crippen LogP) is 3.29. The second kappa shape index (κ2) is 9.57. The number of hydrogen-bond donors (Lipinski definition) is 0. The number of halogens is 2. The van der Waals surface area contributed by atoms with Crippen LogP contribution >= 0.6 is 23.2 Å². The fourth-order valence-corrected chi connectivity index (χ4v) is 4.56. The van der Waals surface area contributed by atoms with Gasteiger partial charge in [0, 0.05) is 67.6 Å². The first-order chi connectivity index (χ1) is 15.0. The van der Waals surface area contributed by atoms with Crippen molar-refractivity contribution in [3.8, 4) is 0 Å². The lowest BCUT2D eigenvalue weighted by Gasteiger charge is -2.39. The van der Waals surface area contributed by atoms with Crippen molar-refractivity contribution >= 4 is 35.0 Å². The molecule has 6 nitrogen and oxygen atoms in total. The normalized spacial score (nSPS) is 22.0. The third kappa shape index (κ3) is 4.88. The molecule has 0 aliphatic carbocycles. The summed E-state index contributed by atoms with van der Waals surface area (Å²) in [5.41, 5.74) is 1.27. The highest BCUT2D eigenvalue weighted by Gasteiger charge is 2.40. The molecule has 0 spiro atoms. The fourth-order valence-electron chi connectivity index (χ4n) is 4.31. The van der Waals surface area contributed by atoms with Crippen molar-refractivity contribution in [2.24, 2.45) is 0 Å². The lowest BCUT2D eigenvalue weighted by Crippen LogP contribution is -2.55. The molecule has 8 heteroatoms. The number of nitrogens with zero attached hydrogens (tertiary/aromatic N) is 3. The number of rotatable bonds is 4. The first-order valence-corrected chi connectivity index (χ1v) is 11.1. The van der Waals surface area contributed by atoms with E-state index in [0.717, 1.165) is 13.1 Å². The Morgan fingerprint density at radius 3 is 1.74 bits per heavy atom. The quantitative estimate of drug-likeness (QED) is 0.700. The molecule has 164 valence electrons. The van der Waals surface area contributed by atoms with Crippen molar-refractivity contribution in [3.63, 3.8) is 0 Å². The zero-order valence-corrected chi connectivity index (χ0v) is 18.9.